The molecule has 0 aliphatic carbocycles. The van der Waals surface area contributed by atoms with Crippen LogP contribution in [0.3, 0.4) is 0 Å². The molecule has 1 aliphatic rings. The molecule has 0 fully saturated rings. The summed E-state index contributed by atoms with van der Waals surface area (Å²) >= 11 is 1.70. The summed E-state index contributed by atoms with van der Waals surface area (Å²) in [6, 6.07) is 18.0. The molecule has 2 heterocycles. The van der Waals surface area contributed by atoms with Gasteiger partial charge in [-0.15, -0.1) is 11.3 Å². The molecule has 0 radical (unpaired) electrons. The highest BCUT2D eigenvalue weighted by molar-refractivity contribution is 7.15. The number of carbonyl (C=O) groups excluding carboxylic acids is 1. The number of hydrazone groups is 1. The van der Waals surface area contributed by atoms with E-state index >= 15 is 0 Å². The first-order chi connectivity index (χ1) is 17.3. The summed E-state index contributed by atoms with van der Waals surface area (Å²) in [6.07, 6.45) is 0.626. The smallest absolute Gasteiger partial charge is 0.333 e. The highest BCUT2D eigenvalue weighted by Crippen LogP contribution is 2.32. The lowest BCUT2D eigenvalue weighted by Crippen LogP contribution is -2.28. The van der Waals surface area contributed by atoms with Crippen molar-refractivity contribution in [2.24, 2.45) is 5.10 Å². The van der Waals surface area contributed by atoms with Gasteiger partial charge in [0.05, 0.1) is 5.71 Å². The Bertz CT molecular complexity index is 1250. The lowest BCUT2D eigenvalue weighted by molar-refractivity contribution is -0.150. The topological polar surface area (TPSA) is 88.4 Å². The first kappa shape index (κ1) is 25.6. The van der Waals surface area contributed by atoms with Crippen molar-refractivity contribution in [1.29, 1.82) is 0 Å². The maximum absolute atomic E-state index is 11.7. The van der Waals surface area contributed by atoms with E-state index in [1.807, 2.05) is 24.3 Å². The van der Waals surface area contributed by atoms with Crippen molar-refractivity contribution in [2.45, 2.75) is 45.8 Å². The standard InChI is InChI=1S/C28H30N2O5S/c1-4-34-24(28(32)33)16-19-5-11-22(12-6-19)35-17-26-18(2)15-25(36-26)21-9-7-20(8-10-21)23-13-14-27(31)30(3)29-23/h5-12,15,24H,4,13-14,16-17H2,1-3H3,(H,32,33)/t24-/m0/s1. The van der Waals surface area contributed by atoms with Gasteiger partial charge in [0.15, 0.2) is 6.10 Å². The minimum absolute atomic E-state index is 0.0449. The quantitative estimate of drug-likeness (QED) is 0.404. The van der Waals surface area contributed by atoms with Gasteiger partial charge >= 0.3 is 5.97 Å². The molecule has 1 aromatic heterocycles. The summed E-state index contributed by atoms with van der Waals surface area (Å²) in [7, 11) is 1.69. The Hall–Kier alpha value is -3.49. The van der Waals surface area contributed by atoms with Crippen LogP contribution in [0.4, 0.5) is 0 Å². The summed E-state index contributed by atoms with van der Waals surface area (Å²) < 4.78 is 11.3. The van der Waals surface area contributed by atoms with Gasteiger partial charge in [-0.05, 0) is 54.3 Å². The second-order valence-corrected chi connectivity index (χ2v) is 9.81. The highest BCUT2D eigenvalue weighted by Gasteiger charge is 2.19. The minimum Gasteiger partial charge on any atom is -0.488 e. The molecule has 0 saturated heterocycles. The first-order valence-electron chi connectivity index (χ1n) is 11.9. The third-order valence-corrected chi connectivity index (χ3v) is 7.35. The molecule has 4 rings (SSSR count). The zero-order valence-corrected chi connectivity index (χ0v) is 21.5. The van der Waals surface area contributed by atoms with Crippen molar-refractivity contribution in [2.75, 3.05) is 13.7 Å². The van der Waals surface area contributed by atoms with E-state index in [4.69, 9.17) is 9.47 Å². The van der Waals surface area contributed by atoms with Crippen LogP contribution in [0.5, 0.6) is 5.75 Å². The number of carboxylic acids is 1. The number of aryl methyl sites for hydroxylation is 1. The highest BCUT2D eigenvalue weighted by atomic mass is 32.1. The van der Waals surface area contributed by atoms with Gasteiger partial charge in [0.1, 0.15) is 12.4 Å². The van der Waals surface area contributed by atoms with Crippen molar-refractivity contribution >= 4 is 28.9 Å². The van der Waals surface area contributed by atoms with E-state index in [2.05, 4.69) is 42.4 Å². The summed E-state index contributed by atoms with van der Waals surface area (Å²) in [6.45, 7) is 4.69. The fraction of sp³-hybridized carbons (Fsp3) is 0.321. The zero-order chi connectivity index (χ0) is 25.7. The van der Waals surface area contributed by atoms with Crippen molar-refractivity contribution in [3.05, 3.63) is 76.2 Å². The number of rotatable bonds is 10. The van der Waals surface area contributed by atoms with Crippen LogP contribution < -0.4 is 4.74 Å². The van der Waals surface area contributed by atoms with E-state index in [1.165, 1.54) is 15.4 Å². The molecule has 0 saturated carbocycles. The van der Waals surface area contributed by atoms with Crippen LogP contribution in [-0.4, -0.2) is 47.5 Å². The van der Waals surface area contributed by atoms with E-state index in [-0.39, 0.29) is 5.91 Å². The van der Waals surface area contributed by atoms with E-state index in [9.17, 15) is 14.7 Å². The molecule has 188 valence electrons. The molecule has 36 heavy (non-hydrogen) atoms. The van der Waals surface area contributed by atoms with E-state index in [0.29, 0.717) is 32.5 Å². The summed E-state index contributed by atoms with van der Waals surface area (Å²) in [5, 5.41) is 15.1. The van der Waals surface area contributed by atoms with Gasteiger partial charge in [-0.2, -0.15) is 5.10 Å². The molecule has 7 nitrogen and oxygen atoms in total. The lowest BCUT2D eigenvalue weighted by atomic mass is 10.0. The van der Waals surface area contributed by atoms with Crippen molar-refractivity contribution in [1.82, 2.24) is 5.01 Å². The van der Waals surface area contributed by atoms with E-state index in [0.717, 1.165) is 33.0 Å². The fourth-order valence-corrected chi connectivity index (χ4v) is 5.10. The van der Waals surface area contributed by atoms with Crippen molar-refractivity contribution < 1.29 is 24.2 Å². The maximum atomic E-state index is 11.7. The fourth-order valence-electron chi connectivity index (χ4n) is 4.01. The number of carboxylic acid groups (broad SMARTS) is 1. The van der Waals surface area contributed by atoms with Crippen molar-refractivity contribution in [3.8, 4) is 16.2 Å². The number of aliphatic carboxylic acids is 1. The molecular formula is C28H30N2O5S. The number of nitrogens with zero attached hydrogens (tertiary/aromatic N) is 2. The Labute approximate surface area is 215 Å². The summed E-state index contributed by atoms with van der Waals surface area (Å²) in [4.78, 5) is 25.3. The first-order valence-corrected chi connectivity index (χ1v) is 12.8. The molecule has 1 atom stereocenters. The second kappa shape index (κ2) is 11.5. The van der Waals surface area contributed by atoms with Crippen LogP contribution in [0.25, 0.3) is 10.4 Å². The molecule has 0 bridgehead atoms. The largest absolute Gasteiger partial charge is 0.488 e. The molecule has 0 spiro atoms. The molecular weight excluding hydrogens is 476 g/mol. The molecule has 2 aromatic carbocycles. The number of amides is 1. The van der Waals surface area contributed by atoms with Gasteiger partial charge in [0, 0.05) is 42.7 Å². The number of hydrogen-bond acceptors (Lipinski definition) is 6. The number of carbonyl (C=O) groups is 2. The third-order valence-electron chi connectivity index (χ3n) is 6.09. The maximum Gasteiger partial charge on any atom is 0.333 e. The average molecular weight is 507 g/mol. The Balaban J connectivity index is 1.38. The normalized spacial score (nSPS) is 14.5. The Morgan fingerprint density at radius 3 is 2.44 bits per heavy atom. The Kier molecular flexibility index (Phi) is 8.18. The van der Waals surface area contributed by atoms with Crippen LogP contribution in [0.2, 0.25) is 0 Å². The van der Waals surface area contributed by atoms with Gasteiger partial charge in [-0.3, -0.25) is 4.79 Å². The number of benzene rings is 2. The molecule has 1 N–H and O–H groups in total. The second-order valence-electron chi connectivity index (χ2n) is 8.68. The van der Waals surface area contributed by atoms with Gasteiger partial charge < -0.3 is 14.6 Å². The third kappa shape index (κ3) is 6.19. The average Bonchev–Trinajstić information content (AvgIpc) is 3.25. The van der Waals surface area contributed by atoms with Crippen molar-refractivity contribution in [3.63, 3.8) is 0 Å². The molecule has 1 amide bonds. The van der Waals surface area contributed by atoms with Gasteiger partial charge in [-0.1, -0.05) is 36.4 Å². The van der Waals surface area contributed by atoms with Gasteiger partial charge in [0.25, 0.3) is 0 Å². The predicted molar refractivity (Wildman–Crippen MR) is 141 cm³/mol. The lowest BCUT2D eigenvalue weighted by Gasteiger charge is -2.19. The Morgan fingerprint density at radius 2 is 1.81 bits per heavy atom. The van der Waals surface area contributed by atoms with E-state index < -0.39 is 12.1 Å². The minimum atomic E-state index is -0.956. The number of hydrogen-bond donors (Lipinski definition) is 1. The molecule has 3 aromatic rings. The number of thiophene rings is 1. The molecule has 1 aliphatic heterocycles. The summed E-state index contributed by atoms with van der Waals surface area (Å²) in [5.41, 5.74) is 5.16. The molecule has 8 heteroatoms. The SMILES string of the molecule is CCO[C@@H](Cc1ccc(OCc2sc(-c3ccc(C4=NN(C)C(=O)CC4)cc3)cc2C)cc1)C(=O)O. The summed E-state index contributed by atoms with van der Waals surface area (Å²) in [5.74, 6) is -0.177. The monoisotopic (exact) mass is 506 g/mol. The zero-order valence-electron chi connectivity index (χ0n) is 20.7. The van der Waals surface area contributed by atoms with Gasteiger partial charge in [0.2, 0.25) is 5.91 Å². The van der Waals surface area contributed by atoms with Crippen LogP contribution in [0, 0.1) is 6.92 Å². The van der Waals surface area contributed by atoms with Crippen LogP contribution in [0.1, 0.15) is 41.3 Å². The van der Waals surface area contributed by atoms with Crippen LogP contribution in [-0.2, 0) is 27.4 Å². The number of ether oxygens (including phenoxy) is 2. The van der Waals surface area contributed by atoms with Crippen LogP contribution >= 0.6 is 11.3 Å². The Morgan fingerprint density at radius 1 is 1.11 bits per heavy atom. The predicted octanol–water partition coefficient (Wildman–Crippen LogP) is 5.29. The van der Waals surface area contributed by atoms with Gasteiger partial charge in [-0.25, -0.2) is 9.80 Å². The van der Waals surface area contributed by atoms with Crippen LogP contribution in [0.15, 0.2) is 59.7 Å². The molecule has 0 unspecified atom stereocenters. The van der Waals surface area contributed by atoms with E-state index in [1.54, 1.807) is 25.3 Å².